The first kappa shape index (κ1) is 19.2. The molecule has 0 bridgehead atoms. The molecule has 2 aromatic rings. The van der Waals surface area contributed by atoms with Crippen molar-refractivity contribution in [2.45, 2.75) is 17.6 Å². The summed E-state index contributed by atoms with van der Waals surface area (Å²) < 4.78 is 37.1. The van der Waals surface area contributed by atoms with Crippen LogP contribution in [-0.4, -0.2) is 35.1 Å². The summed E-state index contributed by atoms with van der Waals surface area (Å²) in [6.07, 6.45) is 0.764. The molecule has 1 amide bonds. The molecule has 0 radical (unpaired) electrons. The first-order chi connectivity index (χ1) is 11.9. The molecule has 0 aliphatic heterocycles. The Kier molecular flexibility index (Phi) is 6.40. The summed E-state index contributed by atoms with van der Waals surface area (Å²) in [6, 6.07) is 8.19. The van der Waals surface area contributed by atoms with Crippen LogP contribution in [0.25, 0.3) is 0 Å². The van der Waals surface area contributed by atoms with Gasteiger partial charge >= 0.3 is 0 Å². The first-order valence-electron chi connectivity index (χ1n) is 7.50. The minimum atomic E-state index is -3.70. The van der Waals surface area contributed by atoms with Gasteiger partial charge in [-0.05, 0) is 30.7 Å². The Morgan fingerprint density at radius 2 is 1.84 bits per heavy atom. The number of methoxy groups -OCH3 is 2. The number of aryl methyl sites for hydroxylation is 1. The molecule has 0 atom stereocenters. The Bertz CT molecular complexity index is 846. The van der Waals surface area contributed by atoms with Crippen LogP contribution in [0.3, 0.4) is 0 Å². The van der Waals surface area contributed by atoms with Crippen LogP contribution in [0.5, 0.6) is 11.5 Å². The molecule has 0 aliphatic carbocycles. The number of nitrogens with one attached hydrogen (secondary N) is 2. The van der Waals surface area contributed by atoms with Crippen molar-refractivity contribution in [3.8, 4) is 11.5 Å². The maximum Gasteiger partial charge on any atom is 0.250 e. The molecule has 0 aliphatic rings. The van der Waals surface area contributed by atoms with Crippen LogP contribution < -0.4 is 19.5 Å². The summed E-state index contributed by atoms with van der Waals surface area (Å²) in [7, 11) is -0.695. The van der Waals surface area contributed by atoms with E-state index < -0.39 is 15.9 Å². The number of anilines is 1. The number of thiophene rings is 1. The molecule has 9 heteroatoms. The largest absolute Gasteiger partial charge is 0.493 e. The standard InChI is InChI=1S/C16H20N2O5S2/c1-4-12-6-8-16(24-12)25(20,21)17-10-15(19)18-11-5-7-13(22-2)14(9-11)23-3/h5-9,17H,4,10H2,1-3H3,(H,18,19). The summed E-state index contributed by atoms with van der Waals surface area (Å²) in [4.78, 5) is 13.0. The predicted octanol–water partition coefficient (Wildman–Crippen LogP) is 2.24. The van der Waals surface area contributed by atoms with Crippen LogP contribution in [0, 0.1) is 0 Å². The summed E-state index contributed by atoms with van der Waals surface area (Å²) in [5, 5.41) is 2.61. The third-order valence-corrected chi connectivity index (χ3v) is 6.46. The second-order valence-corrected chi connectivity index (χ2v) is 8.18. The van der Waals surface area contributed by atoms with E-state index in [2.05, 4.69) is 10.0 Å². The molecule has 1 heterocycles. The fourth-order valence-electron chi connectivity index (χ4n) is 2.04. The highest BCUT2D eigenvalue weighted by molar-refractivity contribution is 7.91. The van der Waals surface area contributed by atoms with E-state index in [1.807, 2.05) is 6.92 Å². The van der Waals surface area contributed by atoms with E-state index in [1.165, 1.54) is 31.6 Å². The van der Waals surface area contributed by atoms with E-state index in [1.54, 1.807) is 24.3 Å². The Morgan fingerprint density at radius 3 is 2.44 bits per heavy atom. The lowest BCUT2D eigenvalue weighted by atomic mass is 10.2. The molecule has 136 valence electrons. The molecule has 1 aromatic heterocycles. The minimum absolute atomic E-state index is 0.197. The third kappa shape index (κ3) is 4.94. The van der Waals surface area contributed by atoms with Crippen molar-refractivity contribution in [2.24, 2.45) is 0 Å². The zero-order valence-electron chi connectivity index (χ0n) is 14.2. The Balaban J connectivity index is 1.98. The number of benzene rings is 1. The van der Waals surface area contributed by atoms with Crippen LogP contribution >= 0.6 is 11.3 Å². The summed E-state index contributed by atoms with van der Waals surface area (Å²) in [6.45, 7) is 1.59. The fourth-order valence-corrected chi connectivity index (χ4v) is 4.37. The van der Waals surface area contributed by atoms with Crippen LogP contribution in [0.2, 0.25) is 0 Å². The molecular weight excluding hydrogens is 364 g/mol. The zero-order chi connectivity index (χ0) is 18.4. The van der Waals surface area contributed by atoms with Crippen LogP contribution in [0.15, 0.2) is 34.5 Å². The monoisotopic (exact) mass is 384 g/mol. The second kappa shape index (κ2) is 8.32. The average molecular weight is 384 g/mol. The first-order valence-corrected chi connectivity index (χ1v) is 9.79. The number of ether oxygens (including phenoxy) is 2. The highest BCUT2D eigenvalue weighted by Crippen LogP contribution is 2.29. The predicted molar refractivity (Wildman–Crippen MR) is 97.1 cm³/mol. The molecule has 1 aromatic carbocycles. The van der Waals surface area contributed by atoms with Crippen molar-refractivity contribution < 1.29 is 22.7 Å². The molecule has 2 rings (SSSR count). The normalized spacial score (nSPS) is 11.2. The lowest BCUT2D eigenvalue weighted by Gasteiger charge is -2.11. The van der Waals surface area contributed by atoms with E-state index in [-0.39, 0.29) is 10.8 Å². The van der Waals surface area contributed by atoms with Crippen molar-refractivity contribution in [3.63, 3.8) is 0 Å². The maximum atomic E-state index is 12.2. The van der Waals surface area contributed by atoms with Crippen molar-refractivity contribution in [2.75, 3.05) is 26.1 Å². The van der Waals surface area contributed by atoms with E-state index in [9.17, 15) is 13.2 Å². The quantitative estimate of drug-likeness (QED) is 0.728. The second-order valence-electron chi connectivity index (χ2n) is 5.02. The summed E-state index contributed by atoms with van der Waals surface area (Å²) >= 11 is 1.19. The molecule has 7 nitrogen and oxygen atoms in total. The number of sulfonamides is 1. The van der Waals surface area contributed by atoms with Gasteiger partial charge in [0, 0.05) is 16.6 Å². The molecule has 0 saturated carbocycles. The van der Waals surface area contributed by atoms with E-state index in [0.29, 0.717) is 17.2 Å². The lowest BCUT2D eigenvalue weighted by molar-refractivity contribution is -0.115. The SMILES string of the molecule is CCc1ccc(S(=O)(=O)NCC(=O)Nc2ccc(OC)c(OC)c2)s1. The number of rotatable bonds is 8. The molecule has 2 N–H and O–H groups in total. The molecule has 0 fully saturated rings. The smallest absolute Gasteiger partial charge is 0.250 e. The number of hydrogen-bond donors (Lipinski definition) is 2. The third-order valence-electron chi connectivity index (χ3n) is 3.34. The average Bonchev–Trinajstić information content (AvgIpc) is 3.10. The van der Waals surface area contributed by atoms with Crippen molar-refractivity contribution in [1.29, 1.82) is 0 Å². The van der Waals surface area contributed by atoms with Gasteiger partial charge in [0.15, 0.2) is 11.5 Å². The van der Waals surface area contributed by atoms with Crippen LogP contribution in [-0.2, 0) is 21.2 Å². The van der Waals surface area contributed by atoms with Gasteiger partial charge < -0.3 is 14.8 Å². The Labute approximate surface area is 151 Å². The highest BCUT2D eigenvalue weighted by atomic mass is 32.2. The fraction of sp³-hybridized carbons (Fsp3) is 0.312. The van der Waals surface area contributed by atoms with Gasteiger partial charge in [0.1, 0.15) is 4.21 Å². The lowest BCUT2D eigenvalue weighted by Crippen LogP contribution is -2.32. The number of carbonyl (C=O) groups excluding carboxylic acids is 1. The van der Waals surface area contributed by atoms with Crippen LogP contribution in [0.1, 0.15) is 11.8 Å². The van der Waals surface area contributed by atoms with Gasteiger partial charge in [-0.2, -0.15) is 0 Å². The topological polar surface area (TPSA) is 93.7 Å². The highest BCUT2D eigenvalue weighted by Gasteiger charge is 2.18. The number of hydrogen-bond acceptors (Lipinski definition) is 6. The maximum absolute atomic E-state index is 12.2. The molecular formula is C16H20N2O5S2. The van der Waals surface area contributed by atoms with Gasteiger partial charge in [-0.15, -0.1) is 11.3 Å². The minimum Gasteiger partial charge on any atom is -0.493 e. The number of carbonyl (C=O) groups is 1. The van der Waals surface area contributed by atoms with Gasteiger partial charge in [-0.3, -0.25) is 4.79 Å². The van der Waals surface area contributed by atoms with E-state index >= 15 is 0 Å². The summed E-state index contributed by atoms with van der Waals surface area (Å²) in [5.41, 5.74) is 0.478. The van der Waals surface area contributed by atoms with E-state index in [0.717, 1.165) is 11.3 Å². The van der Waals surface area contributed by atoms with E-state index in [4.69, 9.17) is 9.47 Å². The van der Waals surface area contributed by atoms with Crippen molar-refractivity contribution in [1.82, 2.24) is 4.72 Å². The molecule has 0 saturated heterocycles. The van der Waals surface area contributed by atoms with Crippen molar-refractivity contribution in [3.05, 3.63) is 35.2 Å². The zero-order valence-corrected chi connectivity index (χ0v) is 15.8. The molecule has 0 spiro atoms. The molecule has 25 heavy (non-hydrogen) atoms. The van der Waals surface area contributed by atoms with Gasteiger partial charge in [-0.25, -0.2) is 13.1 Å². The van der Waals surface area contributed by atoms with Crippen molar-refractivity contribution >= 4 is 33.0 Å². The van der Waals surface area contributed by atoms with Crippen LogP contribution in [0.4, 0.5) is 5.69 Å². The summed E-state index contributed by atoms with van der Waals surface area (Å²) in [5.74, 6) is 0.514. The Hall–Kier alpha value is -2.10. The van der Waals surface area contributed by atoms with Gasteiger partial charge in [-0.1, -0.05) is 6.92 Å². The molecule has 0 unspecified atom stereocenters. The Morgan fingerprint density at radius 1 is 1.12 bits per heavy atom. The van der Waals surface area contributed by atoms with Gasteiger partial charge in [0.25, 0.3) is 10.0 Å². The number of amides is 1. The van der Waals surface area contributed by atoms with Gasteiger partial charge in [0.05, 0.1) is 20.8 Å². The van der Waals surface area contributed by atoms with Gasteiger partial charge in [0.2, 0.25) is 5.91 Å².